The Morgan fingerprint density at radius 2 is 2.22 bits per heavy atom. The molecule has 4 heterocycles. The molecule has 2 saturated heterocycles. The molecule has 0 aromatic carbocycles. The summed E-state index contributed by atoms with van der Waals surface area (Å²) in [6.07, 6.45) is 7.42. The standard InChI is InChI=1S/C13H17N5/c1-3-13(4-6-17-13)8-18(7-1)12-10-2-5-14-11(10)15-9-16-12/h2,5,9,17H,1,3-4,6-8H2,(H,14,15,16). The summed E-state index contributed by atoms with van der Waals surface area (Å²) >= 11 is 0. The first-order valence-corrected chi connectivity index (χ1v) is 6.64. The molecule has 5 heteroatoms. The normalized spacial score (nSPS) is 27.7. The van der Waals surface area contributed by atoms with Crippen LogP contribution < -0.4 is 10.2 Å². The molecule has 5 nitrogen and oxygen atoms in total. The number of aromatic nitrogens is 3. The Bertz CT molecular complexity index is 572. The summed E-state index contributed by atoms with van der Waals surface area (Å²) in [7, 11) is 0. The maximum absolute atomic E-state index is 4.49. The van der Waals surface area contributed by atoms with Crippen molar-refractivity contribution in [3.05, 3.63) is 18.6 Å². The summed E-state index contributed by atoms with van der Waals surface area (Å²) in [5.74, 6) is 1.08. The molecule has 2 aromatic rings. The van der Waals surface area contributed by atoms with Gasteiger partial charge in [0.2, 0.25) is 0 Å². The largest absolute Gasteiger partial charge is 0.354 e. The molecular formula is C13H17N5. The van der Waals surface area contributed by atoms with Crippen LogP contribution >= 0.6 is 0 Å². The van der Waals surface area contributed by atoms with E-state index in [0.717, 1.165) is 36.5 Å². The Balaban J connectivity index is 1.71. The van der Waals surface area contributed by atoms with Crippen LogP contribution in [0.15, 0.2) is 18.6 Å². The second kappa shape index (κ2) is 3.68. The number of hydrogen-bond acceptors (Lipinski definition) is 4. The van der Waals surface area contributed by atoms with Crippen LogP contribution in [0.2, 0.25) is 0 Å². The van der Waals surface area contributed by atoms with Crippen molar-refractivity contribution in [3.8, 4) is 0 Å². The molecule has 0 amide bonds. The Morgan fingerprint density at radius 1 is 1.28 bits per heavy atom. The van der Waals surface area contributed by atoms with Crippen LogP contribution in [-0.4, -0.2) is 40.1 Å². The van der Waals surface area contributed by atoms with Gasteiger partial charge in [-0.15, -0.1) is 0 Å². The van der Waals surface area contributed by atoms with E-state index in [1.54, 1.807) is 6.33 Å². The lowest BCUT2D eigenvalue weighted by atomic mass is 9.80. The highest BCUT2D eigenvalue weighted by Crippen LogP contribution is 2.33. The average Bonchev–Trinajstić information content (AvgIpc) is 2.85. The average molecular weight is 243 g/mol. The molecule has 2 aliphatic heterocycles. The molecule has 0 aliphatic carbocycles. The van der Waals surface area contributed by atoms with E-state index in [0.29, 0.717) is 5.54 Å². The van der Waals surface area contributed by atoms with Crippen molar-refractivity contribution in [2.45, 2.75) is 24.8 Å². The molecule has 0 radical (unpaired) electrons. The zero-order chi connectivity index (χ0) is 12.0. The van der Waals surface area contributed by atoms with Gasteiger partial charge in [-0.2, -0.15) is 0 Å². The number of hydrogen-bond donors (Lipinski definition) is 2. The summed E-state index contributed by atoms with van der Waals surface area (Å²) in [4.78, 5) is 14.3. The molecule has 1 unspecified atom stereocenters. The Kier molecular flexibility index (Phi) is 2.11. The van der Waals surface area contributed by atoms with Gasteiger partial charge >= 0.3 is 0 Å². The van der Waals surface area contributed by atoms with E-state index in [4.69, 9.17) is 0 Å². The SMILES string of the molecule is c1nc(N2CCCC3(CCN3)C2)c2cc[nH]c2n1. The van der Waals surface area contributed by atoms with E-state index in [9.17, 15) is 0 Å². The van der Waals surface area contributed by atoms with Crippen molar-refractivity contribution < 1.29 is 0 Å². The van der Waals surface area contributed by atoms with E-state index >= 15 is 0 Å². The number of aromatic amines is 1. The summed E-state index contributed by atoms with van der Waals surface area (Å²) < 4.78 is 0. The van der Waals surface area contributed by atoms with Crippen molar-refractivity contribution in [2.24, 2.45) is 0 Å². The fourth-order valence-corrected chi connectivity index (χ4v) is 3.25. The van der Waals surface area contributed by atoms with Crippen LogP contribution in [-0.2, 0) is 0 Å². The number of H-pyrrole nitrogens is 1. The lowest BCUT2D eigenvalue weighted by Gasteiger charge is -2.50. The predicted octanol–water partition coefficient (Wildman–Crippen LogP) is 1.29. The summed E-state index contributed by atoms with van der Waals surface area (Å²) in [5.41, 5.74) is 1.28. The molecule has 1 atom stereocenters. The Morgan fingerprint density at radius 3 is 3.06 bits per heavy atom. The van der Waals surface area contributed by atoms with Gasteiger partial charge in [0.1, 0.15) is 17.8 Å². The molecule has 2 N–H and O–H groups in total. The zero-order valence-electron chi connectivity index (χ0n) is 10.3. The summed E-state index contributed by atoms with van der Waals surface area (Å²) in [6.45, 7) is 3.34. The number of anilines is 1. The molecule has 18 heavy (non-hydrogen) atoms. The molecule has 94 valence electrons. The minimum Gasteiger partial charge on any atom is -0.354 e. The number of piperidine rings is 1. The van der Waals surface area contributed by atoms with E-state index in [1.807, 2.05) is 6.20 Å². The third-order valence-electron chi connectivity index (χ3n) is 4.31. The number of fused-ring (bicyclic) bond motifs is 1. The van der Waals surface area contributed by atoms with E-state index in [1.165, 1.54) is 19.3 Å². The van der Waals surface area contributed by atoms with Crippen LogP contribution in [0, 0.1) is 0 Å². The van der Waals surface area contributed by atoms with Gasteiger partial charge in [0, 0.05) is 24.8 Å². The first-order valence-electron chi connectivity index (χ1n) is 6.64. The maximum atomic E-state index is 4.49. The second-order valence-electron chi connectivity index (χ2n) is 5.42. The minimum atomic E-state index is 0.353. The third-order valence-corrected chi connectivity index (χ3v) is 4.31. The highest BCUT2D eigenvalue weighted by Gasteiger charge is 2.40. The van der Waals surface area contributed by atoms with Crippen molar-refractivity contribution >= 4 is 16.9 Å². The van der Waals surface area contributed by atoms with Gasteiger partial charge in [0.15, 0.2) is 0 Å². The molecule has 2 aliphatic rings. The smallest absolute Gasteiger partial charge is 0.142 e. The molecule has 0 bridgehead atoms. The molecular weight excluding hydrogens is 226 g/mol. The van der Waals surface area contributed by atoms with Gasteiger partial charge in [-0.1, -0.05) is 0 Å². The first-order chi connectivity index (χ1) is 8.86. The minimum absolute atomic E-state index is 0.353. The van der Waals surface area contributed by atoms with E-state index < -0.39 is 0 Å². The van der Waals surface area contributed by atoms with Crippen LogP contribution in [0.3, 0.4) is 0 Å². The van der Waals surface area contributed by atoms with E-state index in [2.05, 4.69) is 31.2 Å². The van der Waals surface area contributed by atoms with Crippen molar-refractivity contribution in [3.63, 3.8) is 0 Å². The predicted molar refractivity (Wildman–Crippen MR) is 70.7 cm³/mol. The number of rotatable bonds is 1. The monoisotopic (exact) mass is 243 g/mol. The quantitative estimate of drug-likeness (QED) is 0.792. The van der Waals surface area contributed by atoms with Crippen LogP contribution in [0.25, 0.3) is 11.0 Å². The maximum Gasteiger partial charge on any atom is 0.142 e. The Labute approximate surface area is 106 Å². The van der Waals surface area contributed by atoms with Crippen molar-refractivity contribution in [2.75, 3.05) is 24.5 Å². The van der Waals surface area contributed by atoms with Crippen LogP contribution in [0.5, 0.6) is 0 Å². The third kappa shape index (κ3) is 1.43. The topological polar surface area (TPSA) is 56.8 Å². The molecule has 1 spiro atoms. The van der Waals surface area contributed by atoms with Gasteiger partial charge in [-0.25, -0.2) is 9.97 Å². The van der Waals surface area contributed by atoms with Gasteiger partial charge < -0.3 is 15.2 Å². The highest BCUT2D eigenvalue weighted by molar-refractivity contribution is 5.87. The van der Waals surface area contributed by atoms with Crippen LogP contribution in [0.1, 0.15) is 19.3 Å². The van der Waals surface area contributed by atoms with E-state index in [-0.39, 0.29) is 0 Å². The van der Waals surface area contributed by atoms with Crippen molar-refractivity contribution in [1.29, 1.82) is 0 Å². The summed E-state index contributed by atoms with van der Waals surface area (Å²) in [5, 5.41) is 4.74. The first kappa shape index (κ1) is 10.3. The fourth-order valence-electron chi connectivity index (χ4n) is 3.25. The lowest BCUT2D eigenvalue weighted by molar-refractivity contribution is 0.174. The zero-order valence-corrected chi connectivity index (χ0v) is 10.3. The Hall–Kier alpha value is -1.62. The van der Waals surface area contributed by atoms with Gasteiger partial charge in [-0.05, 0) is 31.9 Å². The molecule has 2 aromatic heterocycles. The number of nitrogens with one attached hydrogen (secondary N) is 2. The summed E-state index contributed by atoms with van der Waals surface area (Å²) in [6, 6.07) is 2.07. The van der Waals surface area contributed by atoms with Gasteiger partial charge in [0.25, 0.3) is 0 Å². The molecule has 4 rings (SSSR count). The second-order valence-corrected chi connectivity index (χ2v) is 5.42. The van der Waals surface area contributed by atoms with Crippen molar-refractivity contribution in [1.82, 2.24) is 20.3 Å². The number of nitrogens with zero attached hydrogens (tertiary/aromatic N) is 3. The van der Waals surface area contributed by atoms with Gasteiger partial charge in [0.05, 0.1) is 5.39 Å². The highest BCUT2D eigenvalue weighted by atomic mass is 15.3. The van der Waals surface area contributed by atoms with Gasteiger partial charge in [-0.3, -0.25) is 0 Å². The molecule has 2 fully saturated rings. The fraction of sp³-hybridized carbons (Fsp3) is 0.538. The van der Waals surface area contributed by atoms with Crippen LogP contribution in [0.4, 0.5) is 5.82 Å². The molecule has 0 saturated carbocycles. The lowest BCUT2D eigenvalue weighted by Crippen LogP contribution is -2.65.